The lowest BCUT2D eigenvalue weighted by Crippen LogP contribution is -2.11. The van der Waals surface area contributed by atoms with Crippen LogP contribution >= 0.6 is 11.6 Å². The standard InChI is InChI=1S/C13H11ClFN3O/c14-9-6-8(2-3-10(9)15)18-12-5-7(13(17)19)1-4-11(12)16/h1-6,18H,16H2,(H2,17,19). The first-order valence-electron chi connectivity index (χ1n) is 5.39. The van der Waals surface area contributed by atoms with E-state index in [4.69, 9.17) is 23.1 Å². The topological polar surface area (TPSA) is 81.1 Å². The molecule has 0 atom stereocenters. The van der Waals surface area contributed by atoms with E-state index < -0.39 is 11.7 Å². The predicted molar refractivity (Wildman–Crippen MR) is 74.1 cm³/mol. The Hall–Kier alpha value is -2.27. The number of halogens is 2. The number of nitrogens with two attached hydrogens (primary N) is 2. The number of rotatable bonds is 3. The Morgan fingerprint density at radius 3 is 2.58 bits per heavy atom. The van der Waals surface area contributed by atoms with Crippen LogP contribution in [0.1, 0.15) is 10.4 Å². The molecule has 2 aromatic rings. The number of amides is 1. The van der Waals surface area contributed by atoms with Crippen molar-refractivity contribution in [2.24, 2.45) is 5.73 Å². The van der Waals surface area contributed by atoms with E-state index in [9.17, 15) is 9.18 Å². The molecule has 0 saturated carbocycles. The zero-order valence-corrected chi connectivity index (χ0v) is 10.5. The van der Waals surface area contributed by atoms with Gasteiger partial charge >= 0.3 is 0 Å². The average molecular weight is 280 g/mol. The highest BCUT2D eigenvalue weighted by atomic mass is 35.5. The van der Waals surface area contributed by atoms with E-state index in [0.29, 0.717) is 22.6 Å². The van der Waals surface area contributed by atoms with Gasteiger partial charge in [-0.15, -0.1) is 0 Å². The van der Waals surface area contributed by atoms with Crippen molar-refractivity contribution in [2.75, 3.05) is 11.1 Å². The Bertz CT molecular complexity index is 646. The summed E-state index contributed by atoms with van der Waals surface area (Å²) >= 11 is 5.68. The van der Waals surface area contributed by atoms with Gasteiger partial charge in [0.2, 0.25) is 5.91 Å². The number of primary amides is 1. The van der Waals surface area contributed by atoms with E-state index in [2.05, 4.69) is 5.32 Å². The summed E-state index contributed by atoms with van der Waals surface area (Å²) < 4.78 is 13.0. The molecule has 0 aliphatic heterocycles. The molecule has 0 radical (unpaired) electrons. The highest BCUT2D eigenvalue weighted by molar-refractivity contribution is 6.31. The molecule has 19 heavy (non-hydrogen) atoms. The van der Waals surface area contributed by atoms with Crippen molar-refractivity contribution in [3.8, 4) is 0 Å². The van der Waals surface area contributed by atoms with Crippen molar-refractivity contribution in [1.29, 1.82) is 0 Å². The fourth-order valence-corrected chi connectivity index (χ4v) is 1.73. The van der Waals surface area contributed by atoms with Crippen molar-refractivity contribution < 1.29 is 9.18 Å². The maximum absolute atomic E-state index is 13.0. The molecule has 0 aromatic heterocycles. The van der Waals surface area contributed by atoms with E-state index in [1.165, 1.54) is 30.3 Å². The first-order chi connectivity index (χ1) is 8.97. The molecule has 5 N–H and O–H groups in total. The summed E-state index contributed by atoms with van der Waals surface area (Å²) in [5.74, 6) is -1.06. The van der Waals surface area contributed by atoms with Gasteiger partial charge in [-0.2, -0.15) is 0 Å². The molecule has 0 fully saturated rings. The van der Waals surface area contributed by atoms with Gasteiger partial charge in [0.05, 0.1) is 16.4 Å². The second-order valence-electron chi connectivity index (χ2n) is 3.92. The second kappa shape index (κ2) is 5.16. The quantitative estimate of drug-likeness (QED) is 0.756. The van der Waals surface area contributed by atoms with E-state index >= 15 is 0 Å². The maximum atomic E-state index is 13.0. The van der Waals surface area contributed by atoms with Crippen LogP contribution in [0.25, 0.3) is 0 Å². The Kier molecular flexibility index (Phi) is 3.57. The zero-order chi connectivity index (χ0) is 14.0. The molecule has 4 nitrogen and oxygen atoms in total. The molecular formula is C13H11ClFN3O. The van der Waals surface area contributed by atoms with Gasteiger partial charge in [0.1, 0.15) is 5.82 Å². The first-order valence-corrected chi connectivity index (χ1v) is 5.76. The van der Waals surface area contributed by atoms with Crippen LogP contribution in [0.2, 0.25) is 5.02 Å². The summed E-state index contributed by atoms with van der Waals surface area (Å²) in [5.41, 5.74) is 12.8. The van der Waals surface area contributed by atoms with Gasteiger partial charge in [0.15, 0.2) is 0 Å². The van der Waals surface area contributed by atoms with Gasteiger partial charge in [-0.1, -0.05) is 11.6 Å². The fourth-order valence-electron chi connectivity index (χ4n) is 1.55. The third kappa shape index (κ3) is 2.95. The zero-order valence-electron chi connectivity index (χ0n) is 9.78. The van der Waals surface area contributed by atoms with Crippen LogP contribution < -0.4 is 16.8 Å². The molecule has 0 saturated heterocycles. The number of carbonyl (C=O) groups is 1. The maximum Gasteiger partial charge on any atom is 0.248 e. The van der Waals surface area contributed by atoms with Crippen molar-refractivity contribution in [2.45, 2.75) is 0 Å². The van der Waals surface area contributed by atoms with E-state index in [1.807, 2.05) is 0 Å². The van der Waals surface area contributed by atoms with Crippen LogP contribution in [0.3, 0.4) is 0 Å². The summed E-state index contributed by atoms with van der Waals surface area (Å²) in [6.07, 6.45) is 0. The molecule has 0 bridgehead atoms. The van der Waals surface area contributed by atoms with Crippen molar-refractivity contribution in [3.63, 3.8) is 0 Å². The lowest BCUT2D eigenvalue weighted by atomic mass is 10.1. The normalized spacial score (nSPS) is 10.2. The van der Waals surface area contributed by atoms with Crippen LogP contribution in [-0.2, 0) is 0 Å². The van der Waals surface area contributed by atoms with Crippen molar-refractivity contribution in [3.05, 3.63) is 52.8 Å². The lowest BCUT2D eigenvalue weighted by molar-refractivity contribution is 0.100. The number of nitrogens with one attached hydrogen (secondary N) is 1. The predicted octanol–water partition coefficient (Wildman–Crippen LogP) is 2.90. The Morgan fingerprint density at radius 1 is 1.21 bits per heavy atom. The van der Waals surface area contributed by atoms with Gasteiger partial charge in [0, 0.05) is 11.3 Å². The minimum atomic E-state index is -0.555. The van der Waals surface area contributed by atoms with Gasteiger partial charge in [-0.3, -0.25) is 4.79 Å². The number of hydrogen-bond acceptors (Lipinski definition) is 3. The van der Waals surface area contributed by atoms with Crippen LogP contribution in [-0.4, -0.2) is 5.91 Å². The molecule has 0 heterocycles. The molecule has 98 valence electrons. The Labute approximate surface area is 114 Å². The number of benzene rings is 2. The number of nitrogen functional groups attached to an aromatic ring is 1. The average Bonchev–Trinajstić information content (AvgIpc) is 2.36. The minimum absolute atomic E-state index is 0.00497. The smallest absolute Gasteiger partial charge is 0.248 e. The number of anilines is 3. The minimum Gasteiger partial charge on any atom is -0.397 e. The molecule has 2 rings (SSSR count). The van der Waals surface area contributed by atoms with Gasteiger partial charge < -0.3 is 16.8 Å². The van der Waals surface area contributed by atoms with Crippen LogP contribution in [0, 0.1) is 5.82 Å². The van der Waals surface area contributed by atoms with Crippen LogP contribution in [0.4, 0.5) is 21.5 Å². The highest BCUT2D eigenvalue weighted by Crippen LogP contribution is 2.26. The Balaban J connectivity index is 2.34. The van der Waals surface area contributed by atoms with Gasteiger partial charge in [0.25, 0.3) is 0 Å². The van der Waals surface area contributed by atoms with Crippen molar-refractivity contribution >= 4 is 34.6 Å². The molecular weight excluding hydrogens is 269 g/mol. The van der Waals surface area contributed by atoms with Crippen molar-refractivity contribution in [1.82, 2.24) is 0 Å². The largest absolute Gasteiger partial charge is 0.397 e. The molecule has 0 aliphatic rings. The first kappa shape index (κ1) is 13.2. The molecule has 1 amide bonds. The summed E-state index contributed by atoms with van der Waals surface area (Å²) in [4.78, 5) is 11.1. The molecule has 2 aromatic carbocycles. The molecule has 0 unspecified atom stereocenters. The lowest BCUT2D eigenvalue weighted by Gasteiger charge is -2.11. The molecule has 0 spiro atoms. The van der Waals surface area contributed by atoms with Crippen LogP contribution in [0.5, 0.6) is 0 Å². The van der Waals surface area contributed by atoms with E-state index in [0.717, 1.165) is 0 Å². The third-order valence-electron chi connectivity index (χ3n) is 2.54. The highest BCUT2D eigenvalue weighted by Gasteiger charge is 2.07. The summed E-state index contributed by atoms with van der Waals surface area (Å²) in [5, 5.41) is 2.95. The van der Waals surface area contributed by atoms with E-state index in [1.54, 1.807) is 6.07 Å². The molecule has 6 heteroatoms. The Morgan fingerprint density at radius 2 is 1.95 bits per heavy atom. The van der Waals surface area contributed by atoms with E-state index in [-0.39, 0.29) is 5.02 Å². The second-order valence-corrected chi connectivity index (χ2v) is 4.33. The summed E-state index contributed by atoms with van der Waals surface area (Å²) in [6, 6.07) is 8.78. The SMILES string of the molecule is NC(=O)c1ccc(N)c(Nc2ccc(F)c(Cl)c2)c1. The number of carbonyl (C=O) groups excluding carboxylic acids is 1. The third-order valence-corrected chi connectivity index (χ3v) is 2.83. The van der Waals surface area contributed by atoms with Gasteiger partial charge in [-0.25, -0.2) is 4.39 Å². The summed E-state index contributed by atoms with van der Waals surface area (Å²) in [6.45, 7) is 0. The van der Waals surface area contributed by atoms with Gasteiger partial charge in [-0.05, 0) is 36.4 Å². The number of hydrogen-bond donors (Lipinski definition) is 3. The van der Waals surface area contributed by atoms with Crippen LogP contribution in [0.15, 0.2) is 36.4 Å². The molecule has 0 aliphatic carbocycles. The monoisotopic (exact) mass is 279 g/mol. The summed E-state index contributed by atoms with van der Waals surface area (Å²) in [7, 11) is 0. The fraction of sp³-hybridized carbons (Fsp3) is 0.